The maximum absolute atomic E-state index is 13.3. The quantitative estimate of drug-likeness (QED) is 0.594. The van der Waals surface area contributed by atoms with Crippen molar-refractivity contribution in [1.29, 1.82) is 0 Å². The van der Waals surface area contributed by atoms with E-state index in [2.05, 4.69) is 0 Å². The molecule has 3 aromatic rings. The van der Waals surface area contributed by atoms with Gasteiger partial charge < -0.3 is 10.6 Å². The highest BCUT2D eigenvalue weighted by Crippen LogP contribution is 2.19. The Balaban J connectivity index is 2.02. The van der Waals surface area contributed by atoms with Crippen molar-refractivity contribution < 1.29 is 4.79 Å². The van der Waals surface area contributed by atoms with Gasteiger partial charge in [0.1, 0.15) is 11.4 Å². The minimum atomic E-state index is -0.676. The minimum Gasteiger partial charge on any atom is -0.384 e. The Morgan fingerprint density at radius 3 is 2.23 bits per heavy atom. The van der Waals surface area contributed by atoms with E-state index < -0.39 is 17.0 Å². The Bertz CT molecular complexity index is 1190. The molecule has 0 amide bonds. The van der Waals surface area contributed by atoms with E-state index in [1.807, 2.05) is 80.3 Å². The molecule has 31 heavy (non-hydrogen) atoms. The van der Waals surface area contributed by atoms with Crippen LogP contribution in [-0.4, -0.2) is 27.5 Å². The lowest BCUT2D eigenvalue weighted by molar-refractivity contribution is 0.0995. The van der Waals surface area contributed by atoms with Gasteiger partial charge in [-0.05, 0) is 38.5 Å². The summed E-state index contributed by atoms with van der Waals surface area (Å²) >= 11 is 0. The lowest BCUT2D eigenvalue weighted by Crippen LogP contribution is -2.45. The first kappa shape index (κ1) is 22.1. The van der Waals surface area contributed by atoms with E-state index in [9.17, 15) is 14.4 Å². The van der Waals surface area contributed by atoms with Gasteiger partial charge in [0.25, 0.3) is 5.56 Å². The van der Waals surface area contributed by atoms with Crippen LogP contribution >= 0.6 is 0 Å². The van der Waals surface area contributed by atoms with Crippen molar-refractivity contribution in [2.75, 3.05) is 17.2 Å². The van der Waals surface area contributed by atoms with Crippen molar-refractivity contribution in [1.82, 2.24) is 9.13 Å². The number of nitrogen functional groups attached to an aromatic ring is 1. The number of nitrogens with zero attached hydrogens (tertiary/aromatic N) is 3. The summed E-state index contributed by atoms with van der Waals surface area (Å²) in [4.78, 5) is 40.7. The van der Waals surface area contributed by atoms with E-state index >= 15 is 0 Å². The fraction of sp³-hybridized carbons (Fsp3) is 0.292. The highest BCUT2D eigenvalue weighted by molar-refractivity contribution is 6.02. The van der Waals surface area contributed by atoms with Gasteiger partial charge in [0.15, 0.2) is 5.78 Å². The molecule has 0 radical (unpaired) electrons. The van der Waals surface area contributed by atoms with Crippen LogP contribution in [0.2, 0.25) is 0 Å². The number of carbonyl (C=O) groups excluding carboxylic acids is 1. The van der Waals surface area contributed by atoms with E-state index in [1.165, 1.54) is 11.6 Å². The maximum Gasteiger partial charge on any atom is 0.332 e. The van der Waals surface area contributed by atoms with Crippen LogP contribution in [-0.2, 0) is 13.6 Å². The van der Waals surface area contributed by atoms with Crippen LogP contribution in [0.5, 0.6) is 0 Å². The van der Waals surface area contributed by atoms with E-state index in [0.29, 0.717) is 0 Å². The summed E-state index contributed by atoms with van der Waals surface area (Å²) in [6.07, 6.45) is 0. The molecular weight excluding hydrogens is 392 g/mol. The predicted octanol–water partition coefficient (Wildman–Crippen LogP) is 2.58. The van der Waals surface area contributed by atoms with Crippen LogP contribution in [0.25, 0.3) is 0 Å². The van der Waals surface area contributed by atoms with Crippen LogP contribution in [0.15, 0.2) is 64.2 Å². The summed E-state index contributed by atoms with van der Waals surface area (Å²) in [6.45, 7) is 6.10. The average Bonchev–Trinajstić information content (AvgIpc) is 2.75. The molecule has 2 N–H and O–H groups in total. The van der Waals surface area contributed by atoms with Crippen molar-refractivity contribution in [2.45, 2.75) is 33.4 Å². The summed E-state index contributed by atoms with van der Waals surface area (Å²) in [5, 5.41) is 0. The first-order valence-electron chi connectivity index (χ1n) is 10.2. The molecule has 0 bridgehead atoms. The third kappa shape index (κ3) is 4.60. The molecule has 0 unspecified atom stereocenters. The number of aryl methyl sites for hydroxylation is 1. The van der Waals surface area contributed by atoms with Gasteiger partial charge in [-0.1, -0.05) is 48.0 Å². The zero-order valence-corrected chi connectivity index (χ0v) is 18.3. The number of ketones is 1. The molecule has 0 spiro atoms. The van der Waals surface area contributed by atoms with Gasteiger partial charge in [0.05, 0.1) is 13.1 Å². The number of hydrogen-bond donors (Lipinski definition) is 1. The number of rotatable bonds is 7. The Hall–Kier alpha value is -3.61. The van der Waals surface area contributed by atoms with Crippen molar-refractivity contribution in [3.8, 4) is 0 Å². The number of Topliss-reactive ketones (excluding diaryl/α,β-unsaturated/α-hetero) is 1. The summed E-state index contributed by atoms with van der Waals surface area (Å²) in [5.41, 5.74) is 7.67. The standard InChI is InChI=1S/C24H28N4O3/c1-16(2)27(19-12-10-17(3)11-13-19)15-20(29)21-22(25)28(24(31)26(4)23(21)30)14-18-8-6-5-7-9-18/h5-13,16H,14-15,25H2,1-4H3. The molecule has 3 rings (SSSR count). The van der Waals surface area contributed by atoms with Gasteiger partial charge in [-0.25, -0.2) is 4.79 Å². The predicted molar refractivity (Wildman–Crippen MR) is 124 cm³/mol. The first-order valence-corrected chi connectivity index (χ1v) is 10.2. The molecule has 0 aliphatic heterocycles. The lowest BCUT2D eigenvalue weighted by Gasteiger charge is -2.28. The number of benzene rings is 2. The molecule has 0 fully saturated rings. The topological polar surface area (TPSA) is 90.3 Å². The zero-order chi connectivity index (χ0) is 22.7. The monoisotopic (exact) mass is 420 g/mol. The highest BCUT2D eigenvalue weighted by Gasteiger charge is 2.24. The second-order valence-corrected chi connectivity index (χ2v) is 7.96. The van der Waals surface area contributed by atoms with Crippen molar-refractivity contribution in [2.24, 2.45) is 7.05 Å². The maximum atomic E-state index is 13.3. The van der Waals surface area contributed by atoms with Gasteiger partial charge in [-0.15, -0.1) is 0 Å². The second kappa shape index (κ2) is 9.04. The van der Waals surface area contributed by atoms with Crippen molar-refractivity contribution >= 4 is 17.3 Å². The highest BCUT2D eigenvalue weighted by atomic mass is 16.2. The van der Waals surface area contributed by atoms with Gasteiger partial charge in [-0.3, -0.25) is 18.7 Å². The fourth-order valence-electron chi connectivity index (χ4n) is 3.51. The lowest BCUT2D eigenvalue weighted by atomic mass is 10.1. The summed E-state index contributed by atoms with van der Waals surface area (Å²) in [7, 11) is 1.36. The molecule has 1 aromatic heterocycles. The van der Waals surface area contributed by atoms with Crippen molar-refractivity contribution in [3.05, 3.63) is 92.1 Å². The van der Waals surface area contributed by atoms with E-state index in [-0.39, 0.29) is 30.5 Å². The van der Waals surface area contributed by atoms with Gasteiger partial charge in [0.2, 0.25) is 0 Å². The van der Waals surface area contributed by atoms with E-state index in [1.54, 1.807) is 0 Å². The number of nitrogens with two attached hydrogens (primary N) is 1. The Morgan fingerprint density at radius 2 is 1.65 bits per heavy atom. The SMILES string of the molecule is Cc1ccc(N(CC(=O)c2c(N)n(Cc3ccccc3)c(=O)n(C)c2=O)C(C)C)cc1. The number of carbonyl (C=O) groups is 1. The van der Waals surface area contributed by atoms with Gasteiger partial charge in [-0.2, -0.15) is 0 Å². The average molecular weight is 421 g/mol. The Labute approximate surface area is 181 Å². The Morgan fingerprint density at radius 1 is 1.03 bits per heavy atom. The number of hydrogen-bond acceptors (Lipinski definition) is 5. The summed E-state index contributed by atoms with van der Waals surface area (Å²) in [6, 6.07) is 17.2. The third-order valence-electron chi connectivity index (χ3n) is 5.35. The number of anilines is 2. The molecule has 0 atom stereocenters. The third-order valence-corrected chi connectivity index (χ3v) is 5.35. The molecule has 1 heterocycles. The van der Waals surface area contributed by atoms with Crippen LogP contribution in [0.1, 0.15) is 35.3 Å². The fourth-order valence-corrected chi connectivity index (χ4v) is 3.51. The van der Waals surface area contributed by atoms with Gasteiger partial charge in [0, 0.05) is 18.8 Å². The number of aromatic nitrogens is 2. The molecule has 0 aliphatic carbocycles. The van der Waals surface area contributed by atoms with Crippen LogP contribution < -0.4 is 21.9 Å². The molecular formula is C24H28N4O3. The molecule has 0 saturated heterocycles. The van der Waals surface area contributed by atoms with Crippen LogP contribution in [0.3, 0.4) is 0 Å². The Kier molecular flexibility index (Phi) is 6.44. The molecule has 0 saturated carbocycles. The van der Waals surface area contributed by atoms with E-state index in [0.717, 1.165) is 21.4 Å². The second-order valence-electron chi connectivity index (χ2n) is 7.96. The van der Waals surface area contributed by atoms with Crippen molar-refractivity contribution in [3.63, 3.8) is 0 Å². The summed E-state index contributed by atoms with van der Waals surface area (Å²) < 4.78 is 2.22. The molecule has 7 nitrogen and oxygen atoms in total. The zero-order valence-electron chi connectivity index (χ0n) is 18.3. The molecule has 0 aliphatic rings. The van der Waals surface area contributed by atoms with E-state index in [4.69, 9.17) is 5.73 Å². The largest absolute Gasteiger partial charge is 0.384 e. The van der Waals surface area contributed by atoms with Gasteiger partial charge >= 0.3 is 5.69 Å². The molecule has 162 valence electrons. The smallest absolute Gasteiger partial charge is 0.332 e. The summed E-state index contributed by atoms with van der Waals surface area (Å²) in [5.74, 6) is -0.524. The molecule has 7 heteroatoms. The normalized spacial score (nSPS) is 11.0. The van der Waals surface area contributed by atoms with Crippen LogP contribution in [0.4, 0.5) is 11.5 Å². The first-order chi connectivity index (χ1) is 14.7. The minimum absolute atomic E-state index is 0.0203. The molecule has 2 aromatic carbocycles. The van der Waals surface area contributed by atoms with Crippen LogP contribution in [0, 0.1) is 6.92 Å².